The molecule has 0 saturated heterocycles. The van der Waals surface area contributed by atoms with Crippen LogP contribution >= 0.6 is 0 Å². The van der Waals surface area contributed by atoms with Gasteiger partial charge in [0.1, 0.15) is 0 Å². The number of nitrogens with one attached hydrogen (secondary N) is 2. The number of anilines is 1. The normalized spacial score (nSPS) is 10.6. The fraction of sp³-hybridized carbons (Fsp3) is 0.385. The summed E-state index contributed by atoms with van der Waals surface area (Å²) in [4.78, 5) is 21.1. The van der Waals surface area contributed by atoms with Crippen LogP contribution in [-0.4, -0.2) is 49.7 Å². The van der Waals surface area contributed by atoms with Crippen LogP contribution in [0.5, 0.6) is 0 Å². The number of hydrogen-bond donors (Lipinski definition) is 2. The van der Waals surface area contributed by atoms with Crippen LogP contribution in [-0.2, 0) is 9.53 Å². The number of aromatic amines is 1. The lowest BCUT2D eigenvalue weighted by molar-refractivity contribution is -0.119. The molecular weight excluding hydrogens is 244 g/mol. The van der Waals surface area contributed by atoms with E-state index in [2.05, 4.69) is 15.3 Å². The van der Waals surface area contributed by atoms with Gasteiger partial charge < -0.3 is 19.9 Å². The van der Waals surface area contributed by atoms with Crippen LogP contribution in [0.2, 0.25) is 0 Å². The lowest BCUT2D eigenvalue weighted by Crippen LogP contribution is -2.37. The molecule has 2 aromatic rings. The molecule has 0 radical (unpaired) electrons. The van der Waals surface area contributed by atoms with Crippen LogP contribution in [0.3, 0.4) is 0 Å². The number of fused-ring (bicyclic) bond motifs is 1. The van der Waals surface area contributed by atoms with Gasteiger partial charge in [0.05, 0.1) is 24.2 Å². The minimum atomic E-state index is -0.0555. The van der Waals surface area contributed by atoms with Crippen molar-refractivity contribution in [1.29, 1.82) is 0 Å². The van der Waals surface area contributed by atoms with Crippen molar-refractivity contribution in [3.63, 3.8) is 0 Å². The molecule has 0 atom stereocenters. The largest absolute Gasteiger partial charge is 0.383 e. The molecule has 0 aliphatic carbocycles. The second-order valence-electron chi connectivity index (χ2n) is 4.28. The van der Waals surface area contributed by atoms with Crippen LogP contribution in [0.1, 0.15) is 0 Å². The van der Waals surface area contributed by atoms with E-state index in [-0.39, 0.29) is 12.5 Å². The minimum Gasteiger partial charge on any atom is -0.383 e. The molecule has 6 heteroatoms. The molecule has 0 bridgehead atoms. The number of carbonyl (C=O) groups is 1. The molecule has 102 valence electrons. The molecule has 19 heavy (non-hydrogen) atoms. The third-order valence-corrected chi connectivity index (χ3v) is 2.75. The molecule has 1 aromatic heterocycles. The third-order valence-electron chi connectivity index (χ3n) is 2.75. The second-order valence-corrected chi connectivity index (χ2v) is 4.28. The maximum absolute atomic E-state index is 11.7. The van der Waals surface area contributed by atoms with Gasteiger partial charge >= 0.3 is 0 Å². The fourth-order valence-electron chi connectivity index (χ4n) is 1.76. The third kappa shape index (κ3) is 3.45. The van der Waals surface area contributed by atoms with Gasteiger partial charge in [-0.25, -0.2) is 4.98 Å². The molecule has 2 N–H and O–H groups in total. The number of aromatic nitrogens is 2. The van der Waals surface area contributed by atoms with E-state index in [0.717, 1.165) is 11.0 Å². The van der Waals surface area contributed by atoms with Gasteiger partial charge in [0, 0.05) is 20.7 Å². The number of para-hydroxylation sites is 2. The topological polar surface area (TPSA) is 70.2 Å². The van der Waals surface area contributed by atoms with Crippen molar-refractivity contribution in [2.75, 3.05) is 38.8 Å². The first-order valence-electron chi connectivity index (χ1n) is 6.12. The van der Waals surface area contributed by atoms with Crippen molar-refractivity contribution in [2.24, 2.45) is 0 Å². The molecule has 0 spiro atoms. The Hall–Kier alpha value is -2.08. The molecule has 0 saturated carbocycles. The van der Waals surface area contributed by atoms with Gasteiger partial charge in [-0.05, 0) is 12.1 Å². The van der Waals surface area contributed by atoms with Gasteiger partial charge in [0.25, 0.3) is 0 Å². The maximum Gasteiger partial charge on any atom is 0.239 e. The predicted molar refractivity (Wildman–Crippen MR) is 74.2 cm³/mol. The Morgan fingerprint density at radius 2 is 2.26 bits per heavy atom. The zero-order chi connectivity index (χ0) is 13.7. The summed E-state index contributed by atoms with van der Waals surface area (Å²) in [6.45, 7) is 1.28. The molecule has 0 aliphatic rings. The van der Waals surface area contributed by atoms with Gasteiger partial charge in [0.2, 0.25) is 11.9 Å². The van der Waals surface area contributed by atoms with E-state index in [1.165, 1.54) is 0 Å². The molecule has 0 fully saturated rings. The Labute approximate surface area is 111 Å². The van der Waals surface area contributed by atoms with E-state index in [4.69, 9.17) is 4.74 Å². The van der Waals surface area contributed by atoms with Gasteiger partial charge in [-0.15, -0.1) is 0 Å². The van der Waals surface area contributed by atoms with Crippen molar-refractivity contribution >= 4 is 22.9 Å². The zero-order valence-electron chi connectivity index (χ0n) is 11.1. The Bertz CT molecular complexity index is 519. The highest BCUT2D eigenvalue weighted by molar-refractivity contribution is 5.82. The average Bonchev–Trinajstić information content (AvgIpc) is 2.83. The molecule has 1 heterocycles. The monoisotopic (exact) mass is 262 g/mol. The summed E-state index contributed by atoms with van der Waals surface area (Å²) >= 11 is 0. The van der Waals surface area contributed by atoms with Gasteiger partial charge in [0.15, 0.2) is 0 Å². The summed E-state index contributed by atoms with van der Waals surface area (Å²) in [6.07, 6.45) is 0. The average molecular weight is 262 g/mol. The Balaban J connectivity index is 1.95. The number of imidazole rings is 1. The van der Waals surface area contributed by atoms with E-state index in [1.807, 2.05) is 31.3 Å². The van der Waals surface area contributed by atoms with Crippen molar-refractivity contribution in [3.05, 3.63) is 24.3 Å². The van der Waals surface area contributed by atoms with E-state index < -0.39 is 0 Å². The summed E-state index contributed by atoms with van der Waals surface area (Å²) in [7, 11) is 3.43. The summed E-state index contributed by atoms with van der Waals surface area (Å²) < 4.78 is 4.87. The number of likely N-dealkylation sites (N-methyl/N-ethyl adjacent to an activating group) is 1. The quantitative estimate of drug-likeness (QED) is 0.754. The molecule has 0 aliphatic heterocycles. The second kappa shape index (κ2) is 6.19. The summed E-state index contributed by atoms with van der Waals surface area (Å²) in [6, 6.07) is 7.77. The fourth-order valence-corrected chi connectivity index (χ4v) is 1.76. The lowest BCUT2D eigenvalue weighted by Gasteiger charge is -2.15. The van der Waals surface area contributed by atoms with Crippen LogP contribution in [0.25, 0.3) is 11.0 Å². The maximum atomic E-state index is 11.7. The van der Waals surface area contributed by atoms with Crippen LogP contribution in [0.4, 0.5) is 5.95 Å². The number of carbonyl (C=O) groups excluding carboxylic acids is 1. The Morgan fingerprint density at radius 1 is 1.47 bits per heavy atom. The van der Waals surface area contributed by atoms with E-state index in [0.29, 0.717) is 19.1 Å². The van der Waals surface area contributed by atoms with Gasteiger partial charge in [-0.2, -0.15) is 0 Å². The smallest absolute Gasteiger partial charge is 0.239 e. The molecule has 1 aromatic carbocycles. The number of ether oxygens (including phenoxy) is 1. The van der Waals surface area contributed by atoms with Crippen LogP contribution < -0.4 is 10.2 Å². The molecular formula is C13H18N4O2. The molecule has 2 rings (SSSR count). The van der Waals surface area contributed by atoms with E-state index in [1.54, 1.807) is 12.0 Å². The summed E-state index contributed by atoms with van der Waals surface area (Å²) in [5.74, 6) is 0.628. The molecule has 0 unspecified atom stereocenters. The Morgan fingerprint density at radius 3 is 3.00 bits per heavy atom. The summed E-state index contributed by atoms with van der Waals surface area (Å²) in [5.41, 5.74) is 1.85. The molecule has 1 amide bonds. The van der Waals surface area contributed by atoms with Crippen LogP contribution in [0.15, 0.2) is 24.3 Å². The predicted octanol–water partition coefficient (Wildman–Crippen LogP) is 0.762. The van der Waals surface area contributed by atoms with Crippen molar-refractivity contribution in [2.45, 2.75) is 0 Å². The van der Waals surface area contributed by atoms with E-state index in [9.17, 15) is 4.79 Å². The molecule has 6 nitrogen and oxygen atoms in total. The lowest BCUT2D eigenvalue weighted by atomic mass is 10.3. The first-order valence-corrected chi connectivity index (χ1v) is 6.12. The Kier molecular flexibility index (Phi) is 4.35. The zero-order valence-corrected chi connectivity index (χ0v) is 11.1. The highest BCUT2D eigenvalue weighted by atomic mass is 16.5. The highest BCUT2D eigenvalue weighted by Gasteiger charge is 2.10. The van der Waals surface area contributed by atoms with Gasteiger partial charge in [-0.1, -0.05) is 12.1 Å². The number of rotatable bonds is 6. The minimum absolute atomic E-state index is 0.0555. The van der Waals surface area contributed by atoms with Crippen molar-refractivity contribution < 1.29 is 9.53 Å². The van der Waals surface area contributed by atoms with Crippen LogP contribution in [0, 0.1) is 0 Å². The number of nitrogens with zero attached hydrogens (tertiary/aromatic N) is 2. The standard InChI is InChI=1S/C13H18N4O2/c1-17(9-12(18)14-7-8-19-2)13-15-10-5-3-4-6-11(10)16-13/h3-6H,7-9H2,1-2H3,(H,14,18)(H,15,16). The van der Waals surface area contributed by atoms with Crippen molar-refractivity contribution in [3.8, 4) is 0 Å². The number of methoxy groups -OCH3 is 1. The first-order chi connectivity index (χ1) is 9.20. The summed E-state index contributed by atoms with van der Waals surface area (Å²) in [5, 5.41) is 2.77. The highest BCUT2D eigenvalue weighted by Crippen LogP contribution is 2.15. The van der Waals surface area contributed by atoms with Gasteiger partial charge in [-0.3, -0.25) is 4.79 Å². The number of amides is 1. The number of hydrogen-bond acceptors (Lipinski definition) is 4. The number of H-pyrrole nitrogens is 1. The van der Waals surface area contributed by atoms with Crippen molar-refractivity contribution in [1.82, 2.24) is 15.3 Å². The SMILES string of the molecule is COCCNC(=O)CN(C)c1nc2ccccc2[nH]1. The number of benzene rings is 1. The first kappa shape index (κ1) is 13.4. The van der Waals surface area contributed by atoms with E-state index >= 15 is 0 Å².